The number of carbonyl (C=O) groups excluding carboxylic acids is 1. The van der Waals surface area contributed by atoms with Crippen molar-refractivity contribution in [2.24, 2.45) is 5.92 Å². The number of aryl methyl sites for hydroxylation is 1. The third-order valence-electron chi connectivity index (χ3n) is 5.92. The summed E-state index contributed by atoms with van der Waals surface area (Å²) in [5.74, 6) is 1.16. The standard InChI is InChI=1S/C25H32BrFN2O3/c1-3-5-6-22(27)25(30)32-20-10-7-18(8-11-20)16-31-23-12-9-19(13-21(23)26)24-28-14-17(4-2)15-29-24/h9,12-15,18,20,22H,3-8,10-11,16H2,1-2H3/t18?,20?,22-/m0/s1. The summed E-state index contributed by atoms with van der Waals surface area (Å²) in [4.78, 5) is 20.7. The molecule has 2 aromatic rings. The van der Waals surface area contributed by atoms with Crippen LogP contribution in [0.2, 0.25) is 0 Å². The summed E-state index contributed by atoms with van der Waals surface area (Å²) >= 11 is 3.59. The van der Waals surface area contributed by atoms with Crippen LogP contribution in [0.1, 0.15) is 64.4 Å². The van der Waals surface area contributed by atoms with Crippen LogP contribution < -0.4 is 4.74 Å². The number of nitrogens with zero attached hydrogens (tertiary/aromatic N) is 2. The lowest BCUT2D eigenvalue weighted by Crippen LogP contribution is -2.30. The van der Waals surface area contributed by atoms with Crippen LogP contribution in [-0.2, 0) is 16.0 Å². The molecule has 1 fully saturated rings. The first-order chi connectivity index (χ1) is 15.5. The van der Waals surface area contributed by atoms with Gasteiger partial charge >= 0.3 is 5.97 Å². The lowest BCUT2D eigenvalue weighted by atomic mass is 9.88. The Morgan fingerprint density at radius 1 is 1.19 bits per heavy atom. The number of benzene rings is 1. The van der Waals surface area contributed by atoms with E-state index in [1.807, 2.05) is 37.5 Å². The third-order valence-corrected chi connectivity index (χ3v) is 6.54. The molecule has 1 saturated carbocycles. The molecule has 0 radical (unpaired) electrons. The normalized spacial score (nSPS) is 19.4. The van der Waals surface area contributed by atoms with E-state index in [2.05, 4.69) is 32.8 Å². The summed E-state index contributed by atoms with van der Waals surface area (Å²) < 4.78 is 26.1. The van der Waals surface area contributed by atoms with Crippen molar-refractivity contribution in [3.8, 4) is 17.1 Å². The molecule has 32 heavy (non-hydrogen) atoms. The molecule has 0 saturated heterocycles. The second-order valence-electron chi connectivity index (χ2n) is 8.41. The molecule has 7 heteroatoms. The average molecular weight is 507 g/mol. The predicted octanol–water partition coefficient (Wildman–Crippen LogP) is 6.48. The van der Waals surface area contributed by atoms with E-state index in [1.165, 1.54) is 0 Å². The summed E-state index contributed by atoms with van der Waals surface area (Å²) in [5.41, 5.74) is 2.04. The van der Waals surface area contributed by atoms with E-state index in [-0.39, 0.29) is 12.5 Å². The Bertz CT molecular complexity index is 870. The first-order valence-corrected chi connectivity index (χ1v) is 12.4. The van der Waals surface area contributed by atoms with Gasteiger partial charge in [-0.2, -0.15) is 0 Å². The summed E-state index contributed by atoms with van der Waals surface area (Å²) in [6.07, 6.45) is 8.09. The average Bonchev–Trinajstić information content (AvgIpc) is 2.82. The fourth-order valence-corrected chi connectivity index (χ4v) is 4.30. The van der Waals surface area contributed by atoms with E-state index in [4.69, 9.17) is 9.47 Å². The Balaban J connectivity index is 1.45. The van der Waals surface area contributed by atoms with E-state index >= 15 is 0 Å². The van der Waals surface area contributed by atoms with Gasteiger partial charge in [-0.15, -0.1) is 0 Å². The summed E-state index contributed by atoms with van der Waals surface area (Å²) in [7, 11) is 0. The van der Waals surface area contributed by atoms with Crippen LogP contribution in [0.5, 0.6) is 5.75 Å². The van der Waals surface area contributed by atoms with Crippen molar-refractivity contribution >= 4 is 21.9 Å². The fourth-order valence-electron chi connectivity index (χ4n) is 3.81. The SMILES string of the molecule is CCCC[C@H](F)C(=O)OC1CCC(COc2ccc(-c3ncc(CC)cn3)cc2Br)CC1. The van der Waals surface area contributed by atoms with Gasteiger partial charge in [-0.1, -0.05) is 26.7 Å². The van der Waals surface area contributed by atoms with Crippen LogP contribution in [0.3, 0.4) is 0 Å². The minimum Gasteiger partial charge on any atom is -0.492 e. The summed E-state index contributed by atoms with van der Waals surface area (Å²) in [5, 5.41) is 0. The molecule has 0 aliphatic heterocycles. The Morgan fingerprint density at radius 2 is 1.91 bits per heavy atom. The number of rotatable bonds is 10. The topological polar surface area (TPSA) is 61.3 Å². The molecule has 0 spiro atoms. The largest absolute Gasteiger partial charge is 0.492 e. The number of ether oxygens (including phenoxy) is 2. The number of aromatic nitrogens is 2. The molecule has 0 bridgehead atoms. The van der Waals surface area contributed by atoms with Crippen LogP contribution in [0.4, 0.5) is 4.39 Å². The van der Waals surface area contributed by atoms with Gasteiger partial charge in [0.2, 0.25) is 0 Å². The Labute approximate surface area is 198 Å². The molecule has 5 nitrogen and oxygen atoms in total. The number of halogens is 2. The monoisotopic (exact) mass is 506 g/mol. The van der Waals surface area contributed by atoms with Crippen LogP contribution >= 0.6 is 15.9 Å². The lowest BCUT2D eigenvalue weighted by molar-refractivity contribution is -0.157. The van der Waals surface area contributed by atoms with Crippen molar-refractivity contribution in [3.05, 3.63) is 40.6 Å². The molecule has 1 aliphatic rings. The molecule has 0 unspecified atom stereocenters. The zero-order chi connectivity index (χ0) is 22.9. The van der Waals surface area contributed by atoms with E-state index in [0.29, 0.717) is 24.8 Å². The maximum absolute atomic E-state index is 13.8. The van der Waals surface area contributed by atoms with E-state index < -0.39 is 12.1 Å². The highest BCUT2D eigenvalue weighted by Gasteiger charge is 2.27. The molecular formula is C25H32BrFN2O3. The Morgan fingerprint density at radius 3 is 2.53 bits per heavy atom. The molecule has 174 valence electrons. The minimum absolute atomic E-state index is 0.177. The van der Waals surface area contributed by atoms with Gasteiger partial charge in [0.1, 0.15) is 11.9 Å². The van der Waals surface area contributed by atoms with Crippen molar-refractivity contribution in [2.45, 2.75) is 77.5 Å². The summed E-state index contributed by atoms with van der Waals surface area (Å²) in [6, 6.07) is 5.86. The molecule has 1 atom stereocenters. The molecule has 1 aromatic carbocycles. The van der Waals surface area contributed by atoms with Crippen molar-refractivity contribution in [2.75, 3.05) is 6.61 Å². The molecule has 3 rings (SSSR count). The van der Waals surface area contributed by atoms with Crippen molar-refractivity contribution in [3.63, 3.8) is 0 Å². The molecule has 0 amide bonds. The van der Waals surface area contributed by atoms with Crippen LogP contribution in [0.15, 0.2) is 35.1 Å². The van der Waals surface area contributed by atoms with Crippen LogP contribution in [0.25, 0.3) is 11.4 Å². The highest BCUT2D eigenvalue weighted by atomic mass is 79.9. The first-order valence-electron chi connectivity index (χ1n) is 11.6. The molecular weight excluding hydrogens is 475 g/mol. The van der Waals surface area contributed by atoms with Gasteiger partial charge < -0.3 is 9.47 Å². The van der Waals surface area contributed by atoms with E-state index in [0.717, 1.165) is 59.9 Å². The van der Waals surface area contributed by atoms with Gasteiger partial charge in [0, 0.05) is 18.0 Å². The first kappa shape index (κ1) is 24.6. The lowest BCUT2D eigenvalue weighted by Gasteiger charge is -2.28. The maximum atomic E-state index is 13.8. The number of hydrogen-bond donors (Lipinski definition) is 0. The smallest absolute Gasteiger partial charge is 0.340 e. The van der Waals surface area contributed by atoms with E-state index in [1.54, 1.807) is 0 Å². The second-order valence-corrected chi connectivity index (χ2v) is 9.27. The molecule has 1 heterocycles. The van der Waals surface area contributed by atoms with Crippen molar-refractivity contribution < 1.29 is 18.7 Å². The zero-order valence-electron chi connectivity index (χ0n) is 18.9. The van der Waals surface area contributed by atoms with Crippen LogP contribution in [0, 0.1) is 5.92 Å². The van der Waals surface area contributed by atoms with Crippen LogP contribution in [-0.4, -0.2) is 34.8 Å². The number of esters is 1. The number of unbranched alkanes of at least 4 members (excludes halogenated alkanes) is 1. The van der Waals surface area contributed by atoms with Gasteiger partial charge in [-0.25, -0.2) is 19.2 Å². The van der Waals surface area contributed by atoms with Crippen molar-refractivity contribution in [1.82, 2.24) is 9.97 Å². The molecule has 1 aliphatic carbocycles. The predicted molar refractivity (Wildman–Crippen MR) is 126 cm³/mol. The van der Waals surface area contributed by atoms with Gasteiger partial charge in [-0.05, 0) is 84.1 Å². The summed E-state index contributed by atoms with van der Waals surface area (Å²) in [6.45, 7) is 4.66. The van der Waals surface area contributed by atoms with Gasteiger partial charge in [-0.3, -0.25) is 0 Å². The Hall–Kier alpha value is -2.02. The number of carbonyl (C=O) groups is 1. The minimum atomic E-state index is -1.49. The maximum Gasteiger partial charge on any atom is 0.340 e. The molecule has 0 N–H and O–H groups in total. The number of hydrogen-bond acceptors (Lipinski definition) is 5. The second kappa shape index (κ2) is 12.3. The number of alkyl halides is 1. The zero-order valence-corrected chi connectivity index (χ0v) is 20.4. The van der Waals surface area contributed by atoms with Gasteiger partial charge in [0.25, 0.3) is 0 Å². The van der Waals surface area contributed by atoms with Gasteiger partial charge in [0.15, 0.2) is 12.0 Å². The van der Waals surface area contributed by atoms with E-state index in [9.17, 15) is 9.18 Å². The van der Waals surface area contributed by atoms with Gasteiger partial charge in [0.05, 0.1) is 11.1 Å². The molecule has 1 aromatic heterocycles. The van der Waals surface area contributed by atoms with Crippen molar-refractivity contribution in [1.29, 1.82) is 0 Å². The highest BCUT2D eigenvalue weighted by molar-refractivity contribution is 9.10. The highest BCUT2D eigenvalue weighted by Crippen LogP contribution is 2.32. The Kier molecular flexibility index (Phi) is 9.45. The quantitative estimate of drug-likeness (QED) is 0.345. The fraction of sp³-hybridized carbons (Fsp3) is 0.560. The third kappa shape index (κ3) is 6.99.